The summed E-state index contributed by atoms with van der Waals surface area (Å²) in [5.74, 6) is -1.74. The van der Waals surface area contributed by atoms with Crippen LogP contribution in [0.5, 0.6) is 0 Å². The number of carboxylic acids is 2. The smallest absolute Gasteiger partial charge is 0.303 e. The first-order valence-electron chi connectivity index (χ1n) is 11.7. The number of carbonyl (C=O) groups is 2. The predicted octanol–water partition coefficient (Wildman–Crippen LogP) is -0.197. The highest BCUT2D eigenvalue weighted by atomic mass is 16.6. The van der Waals surface area contributed by atoms with Gasteiger partial charge in [-0.15, -0.1) is 0 Å². The van der Waals surface area contributed by atoms with Crippen LogP contribution in [0.2, 0.25) is 0 Å². The van der Waals surface area contributed by atoms with Gasteiger partial charge in [0.2, 0.25) is 0 Å². The van der Waals surface area contributed by atoms with Crippen LogP contribution in [0, 0.1) is 0 Å². The molecule has 4 N–H and O–H groups in total. The number of carboxylic acid groups (broad SMARTS) is 2. The van der Waals surface area contributed by atoms with Gasteiger partial charge < -0.3 is 53.6 Å². The second-order valence-corrected chi connectivity index (χ2v) is 6.73. The van der Waals surface area contributed by atoms with Crippen LogP contribution in [-0.4, -0.2) is 138 Å². The van der Waals surface area contributed by atoms with Crippen LogP contribution in [-0.2, 0) is 42.7 Å². The SMILES string of the molecule is O=C(O)CCCCC(=O)O.OCCOCCOCCOCCOCCOCCOCCOCCO. The molecule has 0 spiro atoms. The molecule has 35 heavy (non-hydrogen) atoms. The summed E-state index contributed by atoms with van der Waals surface area (Å²) in [6.07, 6.45) is 1.02. The molecule has 13 heteroatoms. The van der Waals surface area contributed by atoms with Crippen molar-refractivity contribution in [2.75, 3.05) is 106 Å². The molecule has 0 saturated carbocycles. The van der Waals surface area contributed by atoms with Gasteiger partial charge in [-0.1, -0.05) is 0 Å². The number of ether oxygens (including phenoxy) is 7. The van der Waals surface area contributed by atoms with Crippen molar-refractivity contribution in [2.24, 2.45) is 0 Å². The average Bonchev–Trinajstić information content (AvgIpc) is 2.83. The van der Waals surface area contributed by atoms with E-state index in [-0.39, 0.29) is 26.1 Å². The molecule has 0 saturated heterocycles. The fraction of sp³-hybridized carbons (Fsp3) is 0.909. The largest absolute Gasteiger partial charge is 0.481 e. The maximum atomic E-state index is 9.90. The minimum Gasteiger partial charge on any atom is -0.481 e. The molecule has 0 rings (SSSR count). The van der Waals surface area contributed by atoms with E-state index in [1.165, 1.54) is 0 Å². The van der Waals surface area contributed by atoms with Crippen molar-refractivity contribution in [1.82, 2.24) is 0 Å². The number of aliphatic hydroxyl groups excluding tert-OH is 2. The third kappa shape index (κ3) is 40.1. The molecular weight excluding hydrogens is 472 g/mol. The van der Waals surface area contributed by atoms with Gasteiger partial charge in [0.1, 0.15) is 0 Å². The maximum Gasteiger partial charge on any atom is 0.303 e. The van der Waals surface area contributed by atoms with E-state index < -0.39 is 11.9 Å². The summed E-state index contributed by atoms with van der Waals surface area (Å²) in [6.45, 7) is 6.80. The Bertz CT molecular complexity index is 400. The molecule has 0 atom stereocenters. The highest BCUT2D eigenvalue weighted by Gasteiger charge is 1.99. The van der Waals surface area contributed by atoms with Crippen molar-refractivity contribution in [3.05, 3.63) is 0 Å². The van der Waals surface area contributed by atoms with Crippen LogP contribution >= 0.6 is 0 Å². The Hall–Kier alpha value is -1.42. The Morgan fingerprint density at radius 1 is 0.400 bits per heavy atom. The van der Waals surface area contributed by atoms with Gasteiger partial charge in [0.25, 0.3) is 0 Å². The van der Waals surface area contributed by atoms with Gasteiger partial charge in [0.15, 0.2) is 0 Å². The zero-order valence-electron chi connectivity index (χ0n) is 20.6. The van der Waals surface area contributed by atoms with E-state index in [4.69, 9.17) is 53.6 Å². The molecular formula is C22H44O13. The zero-order chi connectivity index (χ0) is 26.2. The molecule has 0 amide bonds. The van der Waals surface area contributed by atoms with Gasteiger partial charge in [-0.25, -0.2) is 0 Å². The molecule has 0 aromatic carbocycles. The predicted molar refractivity (Wildman–Crippen MR) is 124 cm³/mol. The summed E-state index contributed by atoms with van der Waals surface area (Å²) >= 11 is 0. The van der Waals surface area contributed by atoms with Crippen LogP contribution in [0.1, 0.15) is 25.7 Å². The van der Waals surface area contributed by atoms with Crippen LogP contribution < -0.4 is 0 Å². The number of aliphatic hydroxyl groups is 2. The van der Waals surface area contributed by atoms with Crippen molar-refractivity contribution >= 4 is 11.9 Å². The first-order valence-corrected chi connectivity index (χ1v) is 11.7. The molecule has 0 fully saturated rings. The Morgan fingerprint density at radius 2 is 0.600 bits per heavy atom. The number of unbranched alkanes of at least 4 members (excludes halogenated alkanes) is 1. The number of hydrogen-bond acceptors (Lipinski definition) is 11. The lowest BCUT2D eigenvalue weighted by Gasteiger charge is -2.08. The van der Waals surface area contributed by atoms with E-state index in [1.54, 1.807) is 0 Å². The van der Waals surface area contributed by atoms with E-state index in [0.29, 0.717) is 105 Å². The Labute approximate surface area is 207 Å². The lowest BCUT2D eigenvalue weighted by atomic mass is 10.2. The van der Waals surface area contributed by atoms with Gasteiger partial charge >= 0.3 is 11.9 Å². The monoisotopic (exact) mass is 516 g/mol. The Kier molecular flexibility index (Phi) is 33.3. The topological polar surface area (TPSA) is 180 Å². The summed E-state index contributed by atoms with van der Waals surface area (Å²) in [4.78, 5) is 19.8. The Balaban J connectivity index is 0. The first-order chi connectivity index (χ1) is 17.0. The maximum absolute atomic E-state index is 9.90. The average molecular weight is 517 g/mol. The van der Waals surface area contributed by atoms with Crippen LogP contribution in [0.3, 0.4) is 0 Å². The molecule has 0 aromatic rings. The van der Waals surface area contributed by atoms with Gasteiger partial charge in [0.05, 0.1) is 106 Å². The molecule has 0 aliphatic carbocycles. The highest BCUT2D eigenvalue weighted by molar-refractivity contribution is 5.67. The fourth-order valence-electron chi connectivity index (χ4n) is 2.10. The summed E-state index contributed by atoms with van der Waals surface area (Å²) in [7, 11) is 0. The van der Waals surface area contributed by atoms with Crippen molar-refractivity contribution < 1.29 is 63.2 Å². The van der Waals surface area contributed by atoms with E-state index in [2.05, 4.69) is 0 Å². The minimum absolute atomic E-state index is 0.0312. The molecule has 0 bridgehead atoms. The van der Waals surface area contributed by atoms with Crippen molar-refractivity contribution in [3.8, 4) is 0 Å². The lowest BCUT2D eigenvalue weighted by Crippen LogP contribution is -2.14. The summed E-state index contributed by atoms with van der Waals surface area (Å²) in [6, 6.07) is 0. The summed E-state index contributed by atoms with van der Waals surface area (Å²) < 4.78 is 36.7. The first kappa shape index (κ1) is 35.7. The fourth-order valence-corrected chi connectivity index (χ4v) is 2.10. The van der Waals surface area contributed by atoms with Crippen LogP contribution in [0.4, 0.5) is 0 Å². The van der Waals surface area contributed by atoms with Crippen molar-refractivity contribution in [3.63, 3.8) is 0 Å². The molecule has 13 nitrogen and oxygen atoms in total. The van der Waals surface area contributed by atoms with Gasteiger partial charge in [0, 0.05) is 12.8 Å². The van der Waals surface area contributed by atoms with Crippen LogP contribution in [0.25, 0.3) is 0 Å². The van der Waals surface area contributed by atoms with E-state index >= 15 is 0 Å². The van der Waals surface area contributed by atoms with Crippen molar-refractivity contribution in [1.29, 1.82) is 0 Å². The standard InChI is InChI=1S/C16H34O9.C6H10O4/c17-1-3-19-5-7-21-9-11-23-13-15-25-16-14-24-12-10-22-8-6-20-4-2-18;7-5(8)3-1-2-4-6(9)10/h17-18H,1-16H2;1-4H2,(H,7,8)(H,9,10). The van der Waals surface area contributed by atoms with E-state index in [1.807, 2.05) is 0 Å². The second kappa shape index (κ2) is 32.6. The molecule has 0 aliphatic rings. The zero-order valence-corrected chi connectivity index (χ0v) is 20.6. The molecule has 210 valence electrons. The summed E-state index contributed by atoms with van der Waals surface area (Å²) in [5.41, 5.74) is 0. The third-order valence-corrected chi connectivity index (χ3v) is 3.73. The highest BCUT2D eigenvalue weighted by Crippen LogP contribution is 1.98. The third-order valence-electron chi connectivity index (χ3n) is 3.73. The normalized spacial score (nSPS) is 10.7. The van der Waals surface area contributed by atoms with Crippen molar-refractivity contribution in [2.45, 2.75) is 25.7 Å². The minimum atomic E-state index is -0.870. The van der Waals surface area contributed by atoms with Gasteiger partial charge in [-0.3, -0.25) is 9.59 Å². The Morgan fingerprint density at radius 3 is 0.771 bits per heavy atom. The van der Waals surface area contributed by atoms with Gasteiger partial charge in [-0.2, -0.15) is 0 Å². The summed E-state index contributed by atoms with van der Waals surface area (Å²) in [5, 5.41) is 33.3. The number of hydrogen-bond donors (Lipinski definition) is 4. The van der Waals surface area contributed by atoms with Crippen LogP contribution in [0.15, 0.2) is 0 Å². The molecule has 0 aromatic heterocycles. The molecule has 0 radical (unpaired) electrons. The van der Waals surface area contributed by atoms with E-state index in [0.717, 1.165) is 0 Å². The van der Waals surface area contributed by atoms with E-state index in [9.17, 15) is 9.59 Å². The number of aliphatic carboxylic acids is 2. The van der Waals surface area contributed by atoms with Gasteiger partial charge in [-0.05, 0) is 12.8 Å². The quantitative estimate of drug-likeness (QED) is 0.106. The molecule has 0 unspecified atom stereocenters. The number of rotatable bonds is 27. The molecule has 0 heterocycles. The molecule has 0 aliphatic heterocycles. The lowest BCUT2D eigenvalue weighted by molar-refractivity contribution is -0.139. The second-order valence-electron chi connectivity index (χ2n) is 6.73.